The van der Waals surface area contributed by atoms with Gasteiger partial charge in [0.2, 0.25) is 0 Å². The predicted octanol–water partition coefficient (Wildman–Crippen LogP) is 1.67. The molecule has 1 aliphatic rings. The SMILES string of the molecule is CSC1CCCC(NS(=O)(=O)c2cnc(C)[nH]2)C1. The van der Waals surface area contributed by atoms with Gasteiger partial charge in [-0.3, -0.25) is 0 Å². The summed E-state index contributed by atoms with van der Waals surface area (Å²) in [6.07, 6.45) is 7.55. The summed E-state index contributed by atoms with van der Waals surface area (Å²) in [6, 6.07) is 0.0461. The second-order valence-corrected chi connectivity index (χ2v) is 7.50. The maximum Gasteiger partial charge on any atom is 0.257 e. The molecule has 0 bridgehead atoms. The first-order valence-electron chi connectivity index (χ1n) is 6.08. The molecule has 1 fully saturated rings. The topological polar surface area (TPSA) is 74.8 Å². The zero-order valence-electron chi connectivity index (χ0n) is 10.6. The normalized spacial score (nSPS) is 25.2. The van der Waals surface area contributed by atoms with Crippen LogP contribution >= 0.6 is 11.8 Å². The minimum atomic E-state index is -3.45. The van der Waals surface area contributed by atoms with Gasteiger partial charge in [-0.2, -0.15) is 11.8 Å². The maximum atomic E-state index is 12.1. The molecular formula is C11H19N3O2S2. The highest BCUT2D eigenvalue weighted by atomic mass is 32.2. The van der Waals surface area contributed by atoms with Gasteiger partial charge in [-0.15, -0.1) is 0 Å². The van der Waals surface area contributed by atoms with Crippen molar-refractivity contribution in [1.29, 1.82) is 0 Å². The minimum Gasteiger partial charge on any atom is -0.332 e. The number of H-pyrrole nitrogens is 1. The molecule has 1 heterocycles. The molecule has 0 radical (unpaired) electrons. The fraction of sp³-hybridized carbons (Fsp3) is 0.727. The number of thioether (sulfide) groups is 1. The summed E-state index contributed by atoms with van der Waals surface area (Å²) >= 11 is 1.82. The Kier molecular flexibility index (Phi) is 4.34. The first-order valence-corrected chi connectivity index (χ1v) is 8.85. The van der Waals surface area contributed by atoms with Crippen molar-refractivity contribution in [1.82, 2.24) is 14.7 Å². The van der Waals surface area contributed by atoms with Gasteiger partial charge in [0.1, 0.15) is 5.82 Å². The molecule has 102 valence electrons. The quantitative estimate of drug-likeness (QED) is 0.884. The first kappa shape index (κ1) is 13.9. The van der Waals surface area contributed by atoms with Gasteiger partial charge in [0.15, 0.2) is 5.03 Å². The third-order valence-electron chi connectivity index (χ3n) is 3.25. The second kappa shape index (κ2) is 5.63. The van der Waals surface area contributed by atoms with E-state index in [4.69, 9.17) is 0 Å². The summed E-state index contributed by atoms with van der Waals surface area (Å²) in [5.41, 5.74) is 0. The molecule has 0 aromatic carbocycles. The van der Waals surface area contributed by atoms with Crippen LogP contribution in [0.2, 0.25) is 0 Å². The third-order valence-corrected chi connectivity index (χ3v) is 5.78. The Labute approximate surface area is 112 Å². The molecule has 2 N–H and O–H groups in total. The van der Waals surface area contributed by atoms with Crippen molar-refractivity contribution >= 4 is 21.8 Å². The molecule has 0 spiro atoms. The Bertz CT molecular complexity index is 498. The summed E-state index contributed by atoms with van der Waals surface area (Å²) in [7, 11) is -3.45. The van der Waals surface area contributed by atoms with Crippen LogP contribution in [0.3, 0.4) is 0 Å². The van der Waals surface area contributed by atoms with E-state index in [1.165, 1.54) is 12.6 Å². The standard InChI is InChI=1S/C11H19N3O2S2/c1-8-12-7-11(13-8)18(15,16)14-9-4-3-5-10(6-9)17-2/h7,9-10,14H,3-6H2,1-2H3,(H,12,13). The summed E-state index contributed by atoms with van der Waals surface area (Å²) in [5, 5.41) is 0.723. The molecule has 0 saturated heterocycles. The van der Waals surface area contributed by atoms with Crippen molar-refractivity contribution in [2.24, 2.45) is 0 Å². The number of rotatable bonds is 4. The zero-order valence-corrected chi connectivity index (χ0v) is 12.3. The van der Waals surface area contributed by atoms with Crippen LogP contribution in [0.25, 0.3) is 0 Å². The van der Waals surface area contributed by atoms with E-state index >= 15 is 0 Å². The highest BCUT2D eigenvalue weighted by Crippen LogP contribution is 2.27. The number of imidazole rings is 1. The predicted molar refractivity (Wildman–Crippen MR) is 73.2 cm³/mol. The van der Waals surface area contributed by atoms with Crippen molar-refractivity contribution in [3.63, 3.8) is 0 Å². The lowest BCUT2D eigenvalue weighted by Crippen LogP contribution is -2.39. The molecule has 1 saturated carbocycles. The van der Waals surface area contributed by atoms with Crippen molar-refractivity contribution in [2.45, 2.75) is 48.9 Å². The Morgan fingerprint density at radius 3 is 2.89 bits per heavy atom. The highest BCUT2D eigenvalue weighted by molar-refractivity contribution is 7.99. The largest absolute Gasteiger partial charge is 0.332 e. The van der Waals surface area contributed by atoms with Crippen molar-refractivity contribution < 1.29 is 8.42 Å². The number of aryl methyl sites for hydroxylation is 1. The number of aromatic nitrogens is 2. The van der Waals surface area contributed by atoms with Gasteiger partial charge < -0.3 is 4.98 Å². The van der Waals surface area contributed by atoms with E-state index in [1.807, 2.05) is 11.8 Å². The summed E-state index contributed by atoms with van der Waals surface area (Å²) in [6.45, 7) is 1.74. The molecule has 2 unspecified atom stereocenters. The summed E-state index contributed by atoms with van der Waals surface area (Å²) in [4.78, 5) is 6.69. The Balaban J connectivity index is 2.04. The minimum absolute atomic E-state index is 0.0461. The maximum absolute atomic E-state index is 12.1. The zero-order chi connectivity index (χ0) is 13.2. The molecule has 18 heavy (non-hydrogen) atoms. The number of sulfonamides is 1. The average molecular weight is 289 g/mol. The smallest absolute Gasteiger partial charge is 0.257 e. The van der Waals surface area contributed by atoms with Crippen LogP contribution < -0.4 is 4.72 Å². The molecule has 7 heteroatoms. The van der Waals surface area contributed by atoms with Crippen molar-refractivity contribution in [3.05, 3.63) is 12.0 Å². The fourth-order valence-electron chi connectivity index (χ4n) is 2.28. The van der Waals surface area contributed by atoms with E-state index in [0.717, 1.165) is 19.3 Å². The number of nitrogens with zero attached hydrogens (tertiary/aromatic N) is 1. The van der Waals surface area contributed by atoms with Crippen molar-refractivity contribution in [3.8, 4) is 0 Å². The molecule has 1 aromatic rings. The van der Waals surface area contributed by atoms with Crippen LogP contribution in [-0.4, -0.2) is 35.9 Å². The van der Waals surface area contributed by atoms with E-state index in [2.05, 4.69) is 20.9 Å². The van der Waals surface area contributed by atoms with Crippen LogP contribution in [0.4, 0.5) is 0 Å². The van der Waals surface area contributed by atoms with Gasteiger partial charge in [0.25, 0.3) is 10.0 Å². The average Bonchev–Trinajstić information content (AvgIpc) is 2.76. The summed E-state index contributed by atoms with van der Waals surface area (Å²) in [5.74, 6) is 0.612. The van der Waals surface area contributed by atoms with E-state index in [0.29, 0.717) is 11.1 Å². The summed E-state index contributed by atoms with van der Waals surface area (Å²) < 4.78 is 27.0. The van der Waals surface area contributed by atoms with Crippen LogP contribution in [0.15, 0.2) is 11.2 Å². The Hall–Kier alpha value is -0.530. The van der Waals surface area contributed by atoms with Gasteiger partial charge >= 0.3 is 0 Å². The molecule has 5 nitrogen and oxygen atoms in total. The van der Waals surface area contributed by atoms with Gasteiger partial charge in [0, 0.05) is 11.3 Å². The van der Waals surface area contributed by atoms with Gasteiger partial charge in [0.05, 0.1) is 6.20 Å². The van der Waals surface area contributed by atoms with Crippen molar-refractivity contribution in [2.75, 3.05) is 6.26 Å². The van der Waals surface area contributed by atoms with Crippen LogP contribution in [0.5, 0.6) is 0 Å². The lowest BCUT2D eigenvalue weighted by molar-refractivity contribution is 0.420. The molecule has 0 amide bonds. The number of hydrogen-bond acceptors (Lipinski definition) is 4. The Morgan fingerprint density at radius 2 is 2.28 bits per heavy atom. The number of hydrogen-bond donors (Lipinski definition) is 2. The van der Waals surface area contributed by atoms with Crippen LogP contribution in [-0.2, 0) is 10.0 Å². The lowest BCUT2D eigenvalue weighted by Gasteiger charge is -2.28. The third kappa shape index (κ3) is 3.27. The first-order chi connectivity index (χ1) is 8.51. The van der Waals surface area contributed by atoms with E-state index < -0.39 is 10.0 Å². The van der Waals surface area contributed by atoms with Gasteiger partial charge in [-0.1, -0.05) is 6.42 Å². The van der Waals surface area contributed by atoms with Crippen LogP contribution in [0, 0.1) is 6.92 Å². The number of nitrogens with one attached hydrogen (secondary N) is 2. The number of aromatic amines is 1. The van der Waals surface area contributed by atoms with E-state index in [9.17, 15) is 8.42 Å². The monoisotopic (exact) mass is 289 g/mol. The molecule has 1 aromatic heterocycles. The van der Waals surface area contributed by atoms with Crippen LogP contribution in [0.1, 0.15) is 31.5 Å². The molecule has 2 atom stereocenters. The molecule has 1 aliphatic carbocycles. The van der Waals surface area contributed by atoms with E-state index in [1.54, 1.807) is 6.92 Å². The van der Waals surface area contributed by atoms with Gasteiger partial charge in [-0.05, 0) is 32.4 Å². The molecule has 0 aliphatic heterocycles. The molecular weight excluding hydrogens is 270 g/mol. The lowest BCUT2D eigenvalue weighted by atomic mass is 9.96. The van der Waals surface area contributed by atoms with E-state index in [-0.39, 0.29) is 11.1 Å². The highest BCUT2D eigenvalue weighted by Gasteiger charge is 2.26. The fourth-order valence-corrected chi connectivity index (χ4v) is 4.36. The molecule has 2 rings (SSSR count). The van der Waals surface area contributed by atoms with Gasteiger partial charge in [-0.25, -0.2) is 18.1 Å². The second-order valence-electron chi connectivity index (χ2n) is 4.68. The Morgan fingerprint density at radius 1 is 1.50 bits per heavy atom.